The van der Waals surface area contributed by atoms with Crippen LogP contribution in [-0.4, -0.2) is 51.0 Å². The van der Waals surface area contributed by atoms with E-state index in [0.29, 0.717) is 17.5 Å². The molecule has 0 radical (unpaired) electrons. The Hall–Kier alpha value is -4.51. The highest BCUT2D eigenvalue weighted by Gasteiger charge is 2.19. The molecular weight excluding hydrogens is 460 g/mol. The van der Waals surface area contributed by atoms with Crippen LogP contribution in [0.4, 0.5) is 23.1 Å². The van der Waals surface area contributed by atoms with E-state index in [2.05, 4.69) is 30.7 Å². The van der Waals surface area contributed by atoms with Crippen LogP contribution in [0.3, 0.4) is 0 Å². The Bertz CT molecular complexity index is 1350. The van der Waals surface area contributed by atoms with Gasteiger partial charge in [0, 0.05) is 37.4 Å². The molecule has 11 nitrogen and oxygen atoms in total. The van der Waals surface area contributed by atoms with Crippen molar-refractivity contribution >= 4 is 29.0 Å². The molecular formula is C25H26N8O3. The second kappa shape index (κ2) is 10.4. The molecule has 4 N–H and O–H groups in total. The predicted molar refractivity (Wildman–Crippen MR) is 135 cm³/mol. The lowest BCUT2D eigenvalue weighted by molar-refractivity contribution is 0.0662. The first-order valence-electron chi connectivity index (χ1n) is 11.5. The predicted octanol–water partition coefficient (Wildman–Crippen LogP) is 3.68. The fourth-order valence-electron chi connectivity index (χ4n) is 4.11. The van der Waals surface area contributed by atoms with Crippen molar-refractivity contribution in [2.75, 3.05) is 31.0 Å². The van der Waals surface area contributed by atoms with Gasteiger partial charge in [-0.1, -0.05) is 12.1 Å². The summed E-state index contributed by atoms with van der Waals surface area (Å²) in [6, 6.07) is 11.5. The second-order valence-corrected chi connectivity index (χ2v) is 8.22. The average Bonchev–Trinajstić information content (AvgIpc) is 3.38. The Morgan fingerprint density at radius 2 is 1.97 bits per heavy atom. The summed E-state index contributed by atoms with van der Waals surface area (Å²) in [5.74, 6) is 0.427. The van der Waals surface area contributed by atoms with E-state index >= 15 is 0 Å². The molecule has 11 heteroatoms. The van der Waals surface area contributed by atoms with Crippen LogP contribution in [0, 0.1) is 0 Å². The number of aromatic nitrogens is 5. The number of carbonyl (C=O) groups is 1. The van der Waals surface area contributed by atoms with E-state index in [9.17, 15) is 4.79 Å². The van der Waals surface area contributed by atoms with Crippen LogP contribution in [0.5, 0.6) is 5.75 Å². The fourth-order valence-corrected chi connectivity index (χ4v) is 4.11. The van der Waals surface area contributed by atoms with Gasteiger partial charge in [-0.05, 0) is 37.1 Å². The van der Waals surface area contributed by atoms with Crippen LogP contribution >= 0.6 is 0 Å². The van der Waals surface area contributed by atoms with Crippen LogP contribution < -0.4 is 21.1 Å². The molecule has 1 aliphatic rings. The Labute approximate surface area is 207 Å². The second-order valence-electron chi connectivity index (χ2n) is 8.22. The number of nitrogens with two attached hydrogens (primary N) is 1. The number of hydrogen-bond donors (Lipinski definition) is 3. The summed E-state index contributed by atoms with van der Waals surface area (Å²) < 4.78 is 13.0. The van der Waals surface area contributed by atoms with Crippen molar-refractivity contribution in [2.45, 2.75) is 18.9 Å². The first-order valence-corrected chi connectivity index (χ1v) is 11.5. The Morgan fingerprint density at radius 3 is 2.72 bits per heavy atom. The van der Waals surface area contributed by atoms with E-state index in [1.165, 1.54) is 6.20 Å². The minimum absolute atomic E-state index is 0.142. The summed E-state index contributed by atoms with van der Waals surface area (Å²) in [7, 11) is 1.57. The van der Waals surface area contributed by atoms with Gasteiger partial charge in [0.2, 0.25) is 5.95 Å². The monoisotopic (exact) mass is 486 g/mol. The third kappa shape index (κ3) is 4.96. The number of nitrogens with zero attached hydrogens (tertiary/aromatic N) is 5. The van der Waals surface area contributed by atoms with Crippen molar-refractivity contribution in [3.05, 3.63) is 66.7 Å². The smallest absolute Gasteiger partial charge is 0.254 e. The number of hydrogen-bond acceptors (Lipinski definition) is 9. The number of rotatable bonds is 8. The first kappa shape index (κ1) is 23.2. The van der Waals surface area contributed by atoms with E-state index in [4.69, 9.17) is 15.2 Å². The maximum absolute atomic E-state index is 12.1. The van der Waals surface area contributed by atoms with Crippen molar-refractivity contribution in [2.24, 2.45) is 5.73 Å². The van der Waals surface area contributed by atoms with Crippen LogP contribution in [0.25, 0.3) is 11.3 Å². The van der Waals surface area contributed by atoms with Gasteiger partial charge in [-0.25, -0.2) is 4.98 Å². The first-order chi connectivity index (χ1) is 17.6. The zero-order chi connectivity index (χ0) is 24.9. The molecule has 0 bridgehead atoms. The number of nitrogens with one attached hydrogen (secondary N) is 2. The Balaban J connectivity index is 1.43. The van der Waals surface area contributed by atoms with Crippen LogP contribution in [0.15, 0.2) is 61.2 Å². The largest absolute Gasteiger partial charge is 0.494 e. The van der Waals surface area contributed by atoms with Crippen LogP contribution in [-0.2, 0) is 4.74 Å². The molecule has 4 heterocycles. The van der Waals surface area contributed by atoms with E-state index < -0.39 is 5.91 Å². The molecule has 0 unspecified atom stereocenters. The fraction of sp³-hybridized carbons (Fsp3) is 0.240. The molecule has 3 aromatic heterocycles. The Kier molecular flexibility index (Phi) is 6.72. The minimum atomic E-state index is -0.656. The van der Waals surface area contributed by atoms with Gasteiger partial charge in [-0.3, -0.25) is 14.5 Å². The van der Waals surface area contributed by atoms with E-state index in [1.807, 2.05) is 47.3 Å². The SMILES string of the molecule is COc1c(Nc2nc(Nc3cnn(C4CCOCC4)c3)ncc2C(N)=O)cccc1-c1ccccn1. The van der Waals surface area contributed by atoms with E-state index in [0.717, 1.165) is 43.0 Å². The summed E-state index contributed by atoms with van der Waals surface area (Å²) in [6.45, 7) is 1.45. The van der Waals surface area contributed by atoms with Gasteiger partial charge in [0.1, 0.15) is 11.4 Å². The molecule has 4 aromatic rings. The molecule has 1 amide bonds. The normalized spacial score (nSPS) is 13.8. The van der Waals surface area contributed by atoms with Gasteiger partial charge in [-0.15, -0.1) is 0 Å². The van der Waals surface area contributed by atoms with Crippen LogP contribution in [0.2, 0.25) is 0 Å². The summed E-state index contributed by atoms with van der Waals surface area (Å²) in [5.41, 5.74) is 8.61. The highest BCUT2D eigenvalue weighted by molar-refractivity contribution is 5.98. The number of pyridine rings is 1. The molecule has 1 saturated heterocycles. The standard InChI is InChI=1S/C25H26N8O3/c1-35-22-18(20-6-2-3-10-27-20)5-4-7-21(22)31-24-19(23(26)34)14-28-25(32-24)30-16-13-29-33(15-16)17-8-11-36-12-9-17/h2-7,10,13-15,17H,8-9,11-12H2,1H3,(H2,26,34)(H2,28,30,31,32). The van der Waals surface area contributed by atoms with Crippen LogP contribution in [0.1, 0.15) is 29.2 Å². The topological polar surface area (TPSA) is 142 Å². The van der Waals surface area contributed by atoms with Gasteiger partial charge >= 0.3 is 0 Å². The number of carbonyl (C=O) groups excluding carboxylic acids is 1. The number of para-hydroxylation sites is 1. The number of methoxy groups -OCH3 is 1. The maximum atomic E-state index is 12.1. The average molecular weight is 487 g/mol. The molecule has 36 heavy (non-hydrogen) atoms. The third-order valence-corrected chi connectivity index (χ3v) is 5.89. The highest BCUT2D eigenvalue weighted by atomic mass is 16.5. The number of benzene rings is 1. The summed E-state index contributed by atoms with van der Waals surface area (Å²) in [5, 5.41) is 10.8. The molecule has 0 saturated carbocycles. The molecule has 184 valence electrons. The molecule has 0 aliphatic carbocycles. The number of primary amides is 1. The summed E-state index contributed by atoms with van der Waals surface area (Å²) in [6.07, 6.45) is 8.56. The van der Waals surface area contributed by atoms with Gasteiger partial charge in [0.05, 0.1) is 36.4 Å². The number of amides is 1. The molecule has 0 atom stereocenters. The molecule has 1 aliphatic heterocycles. The lowest BCUT2D eigenvalue weighted by Gasteiger charge is -2.22. The molecule has 0 spiro atoms. The van der Waals surface area contributed by atoms with Crippen molar-refractivity contribution in [3.8, 4) is 17.0 Å². The number of anilines is 4. The molecule has 1 fully saturated rings. The summed E-state index contributed by atoms with van der Waals surface area (Å²) in [4.78, 5) is 25.3. The van der Waals surface area contributed by atoms with E-state index in [1.54, 1.807) is 19.5 Å². The van der Waals surface area contributed by atoms with E-state index in [-0.39, 0.29) is 17.3 Å². The minimum Gasteiger partial charge on any atom is -0.494 e. The van der Waals surface area contributed by atoms with Crippen molar-refractivity contribution in [3.63, 3.8) is 0 Å². The zero-order valence-corrected chi connectivity index (χ0v) is 19.7. The van der Waals surface area contributed by atoms with Gasteiger partial charge in [-0.2, -0.15) is 10.1 Å². The maximum Gasteiger partial charge on any atom is 0.254 e. The number of ether oxygens (including phenoxy) is 2. The molecule has 1 aromatic carbocycles. The lowest BCUT2D eigenvalue weighted by Crippen LogP contribution is -2.19. The Morgan fingerprint density at radius 1 is 1.11 bits per heavy atom. The van der Waals surface area contributed by atoms with Crippen molar-refractivity contribution in [1.29, 1.82) is 0 Å². The third-order valence-electron chi connectivity index (χ3n) is 5.89. The van der Waals surface area contributed by atoms with Crippen molar-refractivity contribution in [1.82, 2.24) is 24.7 Å². The lowest BCUT2D eigenvalue weighted by atomic mass is 10.1. The van der Waals surface area contributed by atoms with Gasteiger partial charge in [0.15, 0.2) is 5.75 Å². The van der Waals surface area contributed by atoms with Gasteiger partial charge in [0.25, 0.3) is 5.91 Å². The quantitative estimate of drug-likeness (QED) is 0.340. The summed E-state index contributed by atoms with van der Waals surface area (Å²) >= 11 is 0. The zero-order valence-electron chi connectivity index (χ0n) is 19.7. The molecule has 5 rings (SSSR count). The van der Waals surface area contributed by atoms with Gasteiger partial charge < -0.3 is 25.8 Å². The highest BCUT2D eigenvalue weighted by Crippen LogP contribution is 2.37. The van der Waals surface area contributed by atoms with Crippen molar-refractivity contribution < 1.29 is 14.3 Å².